The molecule has 0 radical (unpaired) electrons. The maximum absolute atomic E-state index is 11.4. The molecule has 0 fully saturated rings. The Bertz CT molecular complexity index is 375. The van der Waals surface area contributed by atoms with E-state index in [0.29, 0.717) is 0 Å². The van der Waals surface area contributed by atoms with E-state index < -0.39 is 11.9 Å². The number of carbonyl (C=O) groups is 2. The lowest BCUT2D eigenvalue weighted by molar-refractivity contribution is 0.0518. The number of hydrogen-bond donors (Lipinski definition) is 1. The minimum atomic E-state index is -0.679. The monoisotopic (exact) mass is 226 g/mol. The van der Waals surface area contributed by atoms with Crippen LogP contribution in [-0.4, -0.2) is 18.5 Å². The highest BCUT2D eigenvalue weighted by molar-refractivity contribution is 7.75. The average Bonchev–Trinajstić information content (AvgIpc) is 2.28. The van der Waals surface area contributed by atoms with Gasteiger partial charge in [0.2, 0.25) is 0 Å². The molecule has 0 amide bonds. The number of thiol groups is 1. The zero-order valence-electron chi connectivity index (χ0n) is 8.10. The fourth-order valence-electron chi connectivity index (χ4n) is 1.10. The molecule has 0 aliphatic carbocycles. The molecule has 1 aromatic rings. The molecule has 0 aliphatic heterocycles. The van der Waals surface area contributed by atoms with Gasteiger partial charge in [0.25, 0.3) is 0 Å². The van der Waals surface area contributed by atoms with Gasteiger partial charge in [-0.3, -0.25) is 0 Å². The second kappa shape index (κ2) is 5.41. The summed E-state index contributed by atoms with van der Waals surface area (Å²) in [4.78, 5) is 22.7. The van der Waals surface area contributed by atoms with Gasteiger partial charge in [-0.1, -0.05) is 12.1 Å². The molecule has 4 nitrogen and oxygen atoms in total. The van der Waals surface area contributed by atoms with Crippen molar-refractivity contribution in [3.8, 4) is 0 Å². The fraction of sp³-hybridized carbons (Fsp3) is 0.200. The second-order valence-electron chi connectivity index (χ2n) is 2.64. The van der Waals surface area contributed by atoms with Crippen molar-refractivity contribution in [3.05, 3.63) is 35.4 Å². The first-order chi connectivity index (χ1) is 7.20. The largest absolute Gasteiger partial charge is 0.462 e. The van der Waals surface area contributed by atoms with Gasteiger partial charge < -0.3 is 8.92 Å². The summed E-state index contributed by atoms with van der Waals surface area (Å²) in [6, 6.07) is 6.24. The molecule has 5 heteroatoms. The summed E-state index contributed by atoms with van der Waals surface area (Å²) in [5.41, 5.74) is 0.323. The summed E-state index contributed by atoms with van der Waals surface area (Å²) >= 11 is 3.39. The van der Waals surface area contributed by atoms with Crippen LogP contribution in [0.1, 0.15) is 27.6 Å². The van der Waals surface area contributed by atoms with Crippen LogP contribution in [0.2, 0.25) is 0 Å². The van der Waals surface area contributed by atoms with Crippen molar-refractivity contribution in [1.29, 1.82) is 0 Å². The second-order valence-corrected chi connectivity index (χ2v) is 2.83. The summed E-state index contributed by atoms with van der Waals surface area (Å²) in [7, 11) is 0. The molecule has 0 aliphatic rings. The van der Waals surface area contributed by atoms with E-state index in [1.54, 1.807) is 19.1 Å². The summed E-state index contributed by atoms with van der Waals surface area (Å²) in [5.74, 6) is -1.23. The van der Waals surface area contributed by atoms with E-state index in [-0.39, 0.29) is 17.7 Å². The van der Waals surface area contributed by atoms with Gasteiger partial charge in [0.1, 0.15) is 0 Å². The molecule has 0 atom stereocenters. The van der Waals surface area contributed by atoms with E-state index in [4.69, 9.17) is 4.74 Å². The number of rotatable bonds is 3. The molecule has 0 unspecified atom stereocenters. The molecule has 1 aromatic carbocycles. The van der Waals surface area contributed by atoms with E-state index in [2.05, 4.69) is 17.1 Å². The number of carbonyl (C=O) groups excluding carboxylic acids is 2. The zero-order valence-corrected chi connectivity index (χ0v) is 8.99. The van der Waals surface area contributed by atoms with Crippen LogP contribution < -0.4 is 0 Å². The Morgan fingerprint density at radius 2 is 1.73 bits per heavy atom. The molecule has 0 saturated carbocycles. The Kier molecular flexibility index (Phi) is 4.17. The first-order valence-corrected chi connectivity index (χ1v) is 4.69. The zero-order chi connectivity index (χ0) is 11.3. The Morgan fingerprint density at radius 3 is 2.20 bits per heavy atom. The SMILES string of the molecule is CCOC(=O)c1ccccc1C(=O)OS. The summed E-state index contributed by atoms with van der Waals surface area (Å²) in [6.45, 7) is 1.94. The first kappa shape index (κ1) is 11.6. The number of benzene rings is 1. The fourth-order valence-corrected chi connectivity index (χ4v) is 1.20. The van der Waals surface area contributed by atoms with Crippen molar-refractivity contribution >= 4 is 24.8 Å². The molecule has 0 heterocycles. The highest BCUT2D eigenvalue weighted by atomic mass is 32.1. The van der Waals surface area contributed by atoms with Crippen molar-refractivity contribution in [1.82, 2.24) is 0 Å². The van der Waals surface area contributed by atoms with Crippen molar-refractivity contribution in [2.45, 2.75) is 6.92 Å². The predicted molar refractivity (Wildman–Crippen MR) is 56.8 cm³/mol. The van der Waals surface area contributed by atoms with E-state index in [1.807, 2.05) is 0 Å². The molecule has 0 saturated heterocycles. The maximum Gasteiger partial charge on any atom is 0.350 e. The normalized spacial score (nSPS) is 9.47. The van der Waals surface area contributed by atoms with Crippen LogP contribution in [0.4, 0.5) is 0 Å². The van der Waals surface area contributed by atoms with Crippen LogP contribution in [-0.2, 0) is 8.92 Å². The number of esters is 1. The van der Waals surface area contributed by atoms with Gasteiger partial charge in [0.15, 0.2) is 0 Å². The van der Waals surface area contributed by atoms with Crippen LogP contribution in [0.5, 0.6) is 0 Å². The van der Waals surface area contributed by atoms with Crippen LogP contribution in [0.25, 0.3) is 0 Å². The summed E-state index contributed by atoms with van der Waals surface area (Å²) in [6.07, 6.45) is 0. The third kappa shape index (κ3) is 2.73. The number of ether oxygens (including phenoxy) is 1. The minimum absolute atomic E-state index is 0.144. The van der Waals surface area contributed by atoms with Gasteiger partial charge in [-0.2, -0.15) is 0 Å². The smallest absolute Gasteiger partial charge is 0.350 e. The highest BCUT2D eigenvalue weighted by Crippen LogP contribution is 2.12. The Labute approximate surface area is 92.8 Å². The van der Waals surface area contributed by atoms with Gasteiger partial charge in [-0.15, -0.1) is 0 Å². The molecular weight excluding hydrogens is 216 g/mol. The Hall–Kier alpha value is -1.49. The van der Waals surface area contributed by atoms with Gasteiger partial charge in [0, 0.05) is 12.9 Å². The summed E-state index contributed by atoms with van der Waals surface area (Å²) < 4.78 is 9.04. The summed E-state index contributed by atoms with van der Waals surface area (Å²) in [5, 5.41) is 0. The quantitative estimate of drug-likeness (QED) is 0.485. The van der Waals surface area contributed by atoms with Crippen molar-refractivity contribution < 1.29 is 18.5 Å². The Balaban J connectivity index is 3.06. The third-order valence-corrected chi connectivity index (χ3v) is 1.89. The molecular formula is C10H10O4S. The lowest BCUT2D eigenvalue weighted by Gasteiger charge is -2.05. The topological polar surface area (TPSA) is 52.6 Å². The molecule has 0 spiro atoms. The van der Waals surface area contributed by atoms with E-state index in [9.17, 15) is 9.59 Å². The molecule has 0 aromatic heterocycles. The Morgan fingerprint density at radius 1 is 1.20 bits per heavy atom. The van der Waals surface area contributed by atoms with Gasteiger partial charge in [-0.05, 0) is 19.1 Å². The van der Waals surface area contributed by atoms with Crippen LogP contribution in [0.15, 0.2) is 24.3 Å². The third-order valence-electron chi connectivity index (χ3n) is 1.73. The highest BCUT2D eigenvalue weighted by Gasteiger charge is 2.17. The standard InChI is InChI=1S/C10H10O4S/c1-2-13-9(11)7-5-3-4-6-8(7)10(12)14-15/h3-6,15H,2H2,1H3. The van der Waals surface area contributed by atoms with Crippen LogP contribution >= 0.6 is 12.9 Å². The van der Waals surface area contributed by atoms with Crippen LogP contribution in [0, 0.1) is 0 Å². The maximum atomic E-state index is 11.4. The van der Waals surface area contributed by atoms with Crippen molar-refractivity contribution in [2.24, 2.45) is 0 Å². The lowest BCUT2D eigenvalue weighted by Crippen LogP contribution is -2.11. The minimum Gasteiger partial charge on any atom is -0.462 e. The molecule has 15 heavy (non-hydrogen) atoms. The number of hydrogen-bond acceptors (Lipinski definition) is 5. The van der Waals surface area contributed by atoms with E-state index in [0.717, 1.165) is 0 Å². The first-order valence-electron chi connectivity index (χ1n) is 4.32. The van der Waals surface area contributed by atoms with Gasteiger partial charge in [0.05, 0.1) is 17.7 Å². The molecule has 1 rings (SSSR count). The van der Waals surface area contributed by atoms with Crippen LogP contribution in [0.3, 0.4) is 0 Å². The molecule has 80 valence electrons. The van der Waals surface area contributed by atoms with Crippen molar-refractivity contribution in [3.63, 3.8) is 0 Å². The van der Waals surface area contributed by atoms with E-state index >= 15 is 0 Å². The van der Waals surface area contributed by atoms with Gasteiger partial charge >= 0.3 is 11.9 Å². The van der Waals surface area contributed by atoms with Gasteiger partial charge in [-0.25, -0.2) is 9.59 Å². The molecule has 0 N–H and O–H groups in total. The predicted octanol–water partition coefficient (Wildman–Crippen LogP) is 1.86. The lowest BCUT2D eigenvalue weighted by atomic mass is 10.1. The van der Waals surface area contributed by atoms with Crippen molar-refractivity contribution in [2.75, 3.05) is 6.61 Å². The van der Waals surface area contributed by atoms with E-state index in [1.165, 1.54) is 12.1 Å². The molecule has 0 bridgehead atoms. The average molecular weight is 226 g/mol.